The van der Waals surface area contributed by atoms with E-state index in [0.29, 0.717) is 5.75 Å². The van der Waals surface area contributed by atoms with Crippen molar-refractivity contribution >= 4 is 0 Å². The van der Waals surface area contributed by atoms with Gasteiger partial charge >= 0.3 is 0 Å². The van der Waals surface area contributed by atoms with Gasteiger partial charge in [0.2, 0.25) is 0 Å². The van der Waals surface area contributed by atoms with Gasteiger partial charge in [0.15, 0.2) is 0 Å². The zero-order valence-corrected chi connectivity index (χ0v) is 8.07. The van der Waals surface area contributed by atoms with E-state index >= 15 is 0 Å². The Hall–Kier alpha value is -1.76. The molecular weight excluding hydrogens is 172 g/mol. The highest BCUT2D eigenvalue weighted by Crippen LogP contribution is 2.28. The Morgan fingerprint density at radius 2 is 1.57 bits per heavy atom. The number of rotatable bonds is 1. The van der Waals surface area contributed by atoms with Gasteiger partial charge in [-0.25, -0.2) is 0 Å². The molecule has 2 aromatic rings. The first-order valence-electron chi connectivity index (χ1n) is 4.63. The molecule has 0 atom stereocenters. The first kappa shape index (κ1) is 8.82. The summed E-state index contributed by atoms with van der Waals surface area (Å²) < 4.78 is 0. The maximum atomic E-state index is 9.56. The van der Waals surface area contributed by atoms with Crippen molar-refractivity contribution in [3.05, 3.63) is 54.1 Å². The van der Waals surface area contributed by atoms with E-state index in [4.69, 9.17) is 0 Å². The van der Waals surface area contributed by atoms with Crippen molar-refractivity contribution in [1.29, 1.82) is 0 Å². The molecule has 2 rings (SSSR count). The molecule has 1 N–H and O–H groups in total. The minimum Gasteiger partial charge on any atom is -0.508 e. The Labute approximate surface area is 83.6 Å². The van der Waals surface area contributed by atoms with E-state index in [1.807, 2.05) is 49.4 Å². The topological polar surface area (TPSA) is 20.2 Å². The predicted molar refractivity (Wildman–Crippen MR) is 58.3 cm³/mol. The molecule has 2 aromatic carbocycles. The fraction of sp³-hybridized carbons (Fsp3) is 0.0769. The number of phenols is 1. The van der Waals surface area contributed by atoms with Crippen LogP contribution in [0.5, 0.6) is 5.75 Å². The van der Waals surface area contributed by atoms with Gasteiger partial charge < -0.3 is 5.11 Å². The van der Waals surface area contributed by atoms with Crippen molar-refractivity contribution < 1.29 is 5.11 Å². The van der Waals surface area contributed by atoms with Crippen LogP contribution >= 0.6 is 0 Å². The molecule has 0 fully saturated rings. The summed E-state index contributed by atoms with van der Waals surface area (Å²) >= 11 is 0. The van der Waals surface area contributed by atoms with Gasteiger partial charge in [-0.3, -0.25) is 0 Å². The zero-order valence-electron chi connectivity index (χ0n) is 8.07. The van der Waals surface area contributed by atoms with Crippen LogP contribution in [-0.2, 0) is 0 Å². The van der Waals surface area contributed by atoms with Crippen LogP contribution in [-0.4, -0.2) is 5.11 Å². The quantitative estimate of drug-likeness (QED) is 0.720. The van der Waals surface area contributed by atoms with Gasteiger partial charge in [-0.2, -0.15) is 0 Å². The molecule has 1 nitrogen and oxygen atoms in total. The van der Waals surface area contributed by atoms with Gasteiger partial charge in [0.1, 0.15) is 5.75 Å². The molecule has 14 heavy (non-hydrogen) atoms. The fourth-order valence-electron chi connectivity index (χ4n) is 1.55. The van der Waals surface area contributed by atoms with Crippen molar-refractivity contribution in [2.24, 2.45) is 0 Å². The van der Waals surface area contributed by atoms with Crippen molar-refractivity contribution in [2.75, 3.05) is 0 Å². The number of benzene rings is 2. The monoisotopic (exact) mass is 184 g/mol. The van der Waals surface area contributed by atoms with Crippen LogP contribution < -0.4 is 0 Å². The van der Waals surface area contributed by atoms with E-state index in [1.54, 1.807) is 6.07 Å². The van der Waals surface area contributed by atoms with Crippen LogP contribution in [0, 0.1) is 6.92 Å². The Kier molecular flexibility index (Phi) is 2.23. The molecule has 70 valence electrons. The zero-order chi connectivity index (χ0) is 9.97. The molecule has 0 aliphatic carbocycles. The minimum atomic E-state index is 0.353. The maximum Gasteiger partial charge on any atom is 0.119 e. The normalized spacial score (nSPS) is 10.1. The molecule has 0 heterocycles. The highest BCUT2D eigenvalue weighted by Gasteiger charge is 2.03. The lowest BCUT2D eigenvalue weighted by Crippen LogP contribution is -1.82. The molecule has 0 amide bonds. The van der Waals surface area contributed by atoms with E-state index in [9.17, 15) is 5.11 Å². The molecule has 0 unspecified atom stereocenters. The summed E-state index contributed by atoms with van der Waals surface area (Å²) in [5.74, 6) is 0.353. The average Bonchev–Trinajstić information content (AvgIpc) is 2.23. The molecule has 0 bridgehead atoms. The highest BCUT2D eigenvalue weighted by molar-refractivity contribution is 5.69. The Morgan fingerprint density at radius 3 is 2.29 bits per heavy atom. The molecule has 0 saturated heterocycles. The van der Waals surface area contributed by atoms with Crippen LogP contribution in [0.15, 0.2) is 48.5 Å². The van der Waals surface area contributed by atoms with Gasteiger partial charge in [-0.15, -0.1) is 0 Å². The van der Waals surface area contributed by atoms with Gasteiger partial charge in [-0.05, 0) is 29.7 Å². The van der Waals surface area contributed by atoms with Crippen LogP contribution in [0.25, 0.3) is 11.1 Å². The lowest BCUT2D eigenvalue weighted by molar-refractivity contribution is 0.471. The van der Waals surface area contributed by atoms with Crippen LogP contribution in [0.4, 0.5) is 0 Å². The largest absolute Gasteiger partial charge is 0.508 e. The molecule has 0 aromatic heterocycles. The lowest BCUT2D eigenvalue weighted by atomic mass is 10.0. The van der Waals surface area contributed by atoms with Crippen molar-refractivity contribution in [2.45, 2.75) is 6.92 Å². The van der Waals surface area contributed by atoms with E-state index in [1.165, 1.54) is 0 Å². The van der Waals surface area contributed by atoms with Crippen LogP contribution in [0.3, 0.4) is 0 Å². The highest BCUT2D eigenvalue weighted by atomic mass is 16.3. The van der Waals surface area contributed by atoms with Gasteiger partial charge in [0.25, 0.3) is 0 Å². The summed E-state index contributed by atoms with van der Waals surface area (Å²) in [4.78, 5) is 0. The molecule has 0 saturated carbocycles. The average molecular weight is 184 g/mol. The van der Waals surface area contributed by atoms with Crippen molar-refractivity contribution in [3.8, 4) is 16.9 Å². The summed E-state index contributed by atoms with van der Waals surface area (Å²) in [7, 11) is 0. The fourth-order valence-corrected chi connectivity index (χ4v) is 1.55. The third-order valence-corrected chi connectivity index (χ3v) is 2.39. The molecule has 0 aliphatic rings. The summed E-state index contributed by atoms with van der Waals surface area (Å²) in [5.41, 5.74) is 3.16. The minimum absolute atomic E-state index is 0.353. The Morgan fingerprint density at radius 1 is 0.857 bits per heavy atom. The van der Waals surface area contributed by atoms with Crippen molar-refractivity contribution in [3.63, 3.8) is 0 Å². The Balaban J connectivity index is 2.58. The maximum absolute atomic E-state index is 9.56. The Bertz CT molecular complexity index is 432. The number of hydrogen-bond acceptors (Lipinski definition) is 1. The van der Waals surface area contributed by atoms with Gasteiger partial charge in [-0.1, -0.05) is 42.5 Å². The van der Waals surface area contributed by atoms with E-state index < -0.39 is 0 Å². The second-order valence-corrected chi connectivity index (χ2v) is 3.32. The number of hydrogen-bond donors (Lipinski definition) is 1. The predicted octanol–water partition coefficient (Wildman–Crippen LogP) is 3.37. The van der Waals surface area contributed by atoms with E-state index in [2.05, 4.69) is 0 Å². The lowest BCUT2D eigenvalue weighted by Gasteiger charge is -2.06. The second kappa shape index (κ2) is 3.54. The molecular formula is C13H12O. The third-order valence-electron chi connectivity index (χ3n) is 2.39. The summed E-state index contributed by atoms with van der Waals surface area (Å²) in [6, 6.07) is 15.7. The van der Waals surface area contributed by atoms with Gasteiger partial charge in [0.05, 0.1) is 0 Å². The standard InChI is InChI=1S/C13H12O/c1-10-12(8-5-9-13(10)14)11-6-3-2-4-7-11/h2-9,14H,1H3. The molecule has 0 radical (unpaired) electrons. The number of phenolic OH excluding ortho intramolecular Hbond substituents is 1. The molecule has 0 aliphatic heterocycles. The summed E-state index contributed by atoms with van der Waals surface area (Å²) in [6.07, 6.45) is 0. The first-order chi connectivity index (χ1) is 6.79. The third kappa shape index (κ3) is 1.49. The second-order valence-electron chi connectivity index (χ2n) is 3.32. The van der Waals surface area contributed by atoms with Crippen LogP contribution in [0.1, 0.15) is 5.56 Å². The first-order valence-corrected chi connectivity index (χ1v) is 4.63. The summed E-state index contributed by atoms with van der Waals surface area (Å²) in [6.45, 7) is 1.93. The van der Waals surface area contributed by atoms with Crippen molar-refractivity contribution in [1.82, 2.24) is 0 Å². The summed E-state index contributed by atoms with van der Waals surface area (Å²) in [5, 5.41) is 9.56. The van der Waals surface area contributed by atoms with Gasteiger partial charge in [0, 0.05) is 0 Å². The molecule has 0 spiro atoms. The van der Waals surface area contributed by atoms with Crippen LogP contribution in [0.2, 0.25) is 0 Å². The van der Waals surface area contributed by atoms with E-state index in [-0.39, 0.29) is 0 Å². The van der Waals surface area contributed by atoms with E-state index in [0.717, 1.165) is 16.7 Å². The smallest absolute Gasteiger partial charge is 0.119 e. The number of aromatic hydroxyl groups is 1. The SMILES string of the molecule is Cc1c(O)cccc1-c1ccccc1. The molecule has 1 heteroatoms.